The highest BCUT2D eigenvalue weighted by molar-refractivity contribution is 6.48. The van der Waals surface area contributed by atoms with E-state index in [4.69, 9.17) is 14.6 Å². The molecule has 0 aromatic heterocycles. The van der Waals surface area contributed by atoms with Gasteiger partial charge in [0.15, 0.2) is 11.2 Å². The molecule has 4 aromatic rings. The molecule has 184 valence electrons. The molecule has 37 heavy (non-hydrogen) atoms. The summed E-state index contributed by atoms with van der Waals surface area (Å²) in [6.07, 6.45) is 1.54. The molecule has 1 atom stereocenters. The number of ketones is 1. The number of Topliss-reactive ketones (excluding diaryl/α,β-unsaturated/α-hetero) is 1. The maximum Gasteiger partial charge on any atom is 0.223 e. The largest absolute Gasteiger partial charge is 0.357 e. The molecular weight excluding hydrogens is 460 g/mol. The summed E-state index contributed by atoms with van der Waals surface area (Å²) in [5.74, 6) is -0.205. The fourth-order valence-corrected chi connectivity index (χ4v) is 5.39. The summed E-state index contributed by atoms with van der Waals surface area (Å²) in [6, 6.07) is 39.2. The second kappa shape index (κ2) is 9.77. The topological polar surface area (TPSA) is 59.9 Å². The Hall–Kier alpha value is -4.06. The number of rotatable bonds is 6. The number of hydrogen-bond donors (Lipinski definition) is 1. The maximum absolute atomic E-state index is 14.9. The van der Waals surface area contributed by atoms with Gasteiger partial charge in [0.25, 0.3) is 0 Å². The first kappa shape index (κ1) is 23.3. The van der Waals surface area contributed by atoms with E-state index in [-0.39, 0.29) is 12.0 Å². The molecule has 4 aromatic carbocycles. The third-order valence-electron chi connectivity index (χ3n) is 7.15. The summed E-state index contributed by atoms with van der Waals surface area (Å²) in [5.41, 5.74) is 3.97. The molecule has 0 spiro atoms. The van der Waals surface area contributed by atoms with Crippen molar-refractivity contribution in [2.75, 3.05) is 6.61 Å². The number of carbonyl (C=O) groups excluding carboxylic acids is 1. The van der Waals surface area contributed by atoms with Crippen LogP contribution in [-0.2, 0) is 25.5 Å². The quantitative estimate of drug-likeness (QED) is 0.361. The number of hydrazone groups is 1. The summed E-state index contributed by atoms with van der Waals surface area (Å²) < 4.78 is 13.0. The minimum Gasteiger partial charge on any atom is -0.357 e. The lowest BCUT2D eigenvalue weighted by Crippen LogP contribution is -2.38. The van der Waals surface area contributed by atoms with Crippen LogP contribution in [0, 0.1) is 0 Å². The van der Waals surface area contributed by atoms with Gasteiger partial charge in [-0.15, -0.1) is 0 Å². The van der Waals surface area contributed by atoms with E-state index >= 15 is 0 Å². The Morgan fingerprint density at radius 1 is 0.649 bits per heavy atom. The summed E-state index contributed by atoms with van der Waals surface area (Å²) in [5, 5.41) is 4.81. The highest BCUT2D eigenvalue weighted by Gasteiger charge is 2.64. The van der Waals surface area contributed by atoms with Gasteiger partial charge in [0.05, 0.1) is 0 Å². The van der Waals surface area contributed by atoms with E-state index in [1.165, 1.54) is 0 Å². The highest BCUT2D eigenvalue weighted by Crippen LogP contribution is 2.52. The molecule has 0 saturated carbocycles. The van der Waals surface area contributed by atoms with E-state index in [1.54, 1.807) is 0 Å². The predicted octanol–water partition coefficient (Wildman–Crippen LogP) is 5.56. The van der Waals surface area contributed by atoms with Gasteiger partial charge in [-0.1, -0.05) is 121 Å². The number of benzene rings is 4. The van der Waals surface area contributed by atoms with Gasteiger partial charge >= 0.3 is 0 Å². The lowest BCUT2D eigenvalue weighted by Gasteiger charge is -2.35. The van der Waals surface area contributed by atoms with Crippen molar-refractivity contribution in [1.29, 1.82) is 0 Å². The second-order valence-electron chi connectivity index (χ2n) is 9.35. The van der Waals surface area contributed by atoms with Gasteiger partial charge in [-0.3, -0.25) is 10.2 Å². The molecule has 0 aliphatic carbocycles. The molecule has 1 N–H and O–H groups in total. The Kier molecular flexibility index (Phi) is 6.16. The SMILES string of the molecule is O=C1/C(=N/NC2CCCO2)C(c2ccccc2)(c2ccccc2)OC1(c1ccccc1)c1ccccc1. The van der Waals surface area contributed by atoms with E-state index in [0.717, 1.165) is 35.1 Å². The number of carbonyl (C=O) groups is 1. The summed E-state index contributed by atoms with van der Waals surface area (Å²) >= 11 is 0. The lowest BCUT2D eigenvalue weighted by molar-refractivity contribution is -0.132. The highest BCUT2D eigenvalue weighted by atomic mass is 16.5. The Bertz CT molecular complexity index is 1300. The van der Waals surface area contributed by atoms with E-state index in [0.29, 0.717) is 12.3 Å². The van der Waals surface area contributed by atoms with E-state index in [2.05, 4.69) is 5.43 Å². The number of nitrogens with one attached hydrogen (secondary N) is 1. The molecule has 0 bridgehead atoms. The first-order chi connectivity index (χ1) is 18.2. The molecule has 5 nitrogen and oxygen atoms in total. The molecular formula is C32H28N2O3. The van der Waals surface area contributed by atoms with Crippen LogP contribution in [0.5, 0.6) is 0 Å². The molecule has 5 heteroatoms. The van der Waals surface area contributed by atoms with Crippen molar-refractivity contribution in [3.63, 3.8) is 0 Å². The Morgan fingerprint density at radius 3 is 1.49 bits per heavy atom. The van der Waals surface area contributed by atoms with Crippen LogP contribution in [0.2, 0.25) is 0 Å². The standard InChI is InChI=1S/C32H28N2O3/c35-30-29(34-33-28-22-13-23-36-28)31(24-14-5-1-6-15-24,25-16-7-2-8-17-25)37-32(30,26-18-9-3-10-19-26)27-20-11-4-12-21-27/h1-12,14-21,28,33H,13,22-23H2/b34-29-. The first-order valence-corrected chi connectivity index (χ1v) is 12.7. The normalized spacial score (nSPS) is 21.2. The zero-order chi connectivity index (χ0) is 25.1. The average molecular weight is 489 g/mol. The van der Waals surface area contributed by atoms with Crippen LogP contribution >= 0.6 is 0 Å². The molecule has 2 heterocycles. The zero-order valence-electron chi connectivity index (χ0n) is 20.4. The Morgan fingerprint density at radius 2 is 1.08 bits per heavy atom. The van der Waals surface area contributed by atoms with Gasteiger partial charge < -0.3 is 9.47 Å². The van der Waals surface area contributed by atoms with Crippen LogP contribution in [0.4, 0.5) is 0 Å². The number of ether oxygens (including phenoxy) is 2. The van der Waals surface area contributed by atoms with Crippen LogP contribution in [0.15, 0.2) is 126 Å². The van der Waals surface area contributed by atoms with Crippen molar-refractivity contribution in [1.82, 2.24) is 5.43 Å². The van der Waals surface area contributed by atoms with E-state index < -0.39 is 11.2 Å². The molecule has 2 fully saturated rings. The average Bonchev–Trinajstić information content (AvgIpc) is 3.59. The molecule has 2 aliphatic heterocycles. The third kappa shape index (κ3) is 3.88. The minimum absolute atomic E-state index is 0.205. The smallest absolute Gasteiger partial charge is 0.223 e. The third-order valence-corrected chi connectivity index (χ3v) is 7.15. The van der Waals surface area contributed by atoms with Crippen molar-refractivity contribution in [3.8, 4) is 0 Å². The Labute approximate surface area is 216 Å². The first-order valence-electron chi connectivity index (χ1n) is 12.7. The van der Waals surface area contributed by atoms with Crippen LogP contribution < -0.4 is 5.43 Å². The van der Waals surface area contributed by atoms with Crippen LogP contribution in [0.1, 0.15) is 35.1 Å². The monoisotopic (exact) mass is 488 g/mol. The second-order valence-corrected chi connectivity index (χ2v) is 9.35. The minimum atomic E-state index is -1.40. The zero-order valence-corrected chi connectivity index (χ0v) is 20.4. The van der Waals surface area contributed by atoms with E-state index in [1.807, 2.05) is 121 Å². The molecule has 0 radical (unpaired) electrons. The van der Waals surface area contributed by atoms with Crippen molar-refractivity contribution >= 4 is 11.5 Å². The van der Waals surface area contributed by atoms with Crippen LogP contribution in [-0.4, -0.2) is 24.3 Å². The summed E-state index contributed by atoms with van der Waals surface area (Å²) in [7, 11) is 0. The van der Waals surface area contributed by atoms with Crippen molar-refractivity contribution in [2.24, 2.45) is 5.10 Å². The van der Waals surface area contributed by atoms with Crippen LogP contribution in [0.3, 0.4) is 0 Å². The molecule has 2 aliphatic rings. The van der Waals surface area contributed by atoms with Gasteiger partial charge in [-0.25, -0.2) is 0 Å². The van der Waals surface area contributed by atoms with Crippen molar-refractivity contribution < 1.29 is 14.3 Å². The van der Waals surface area contributed by atoms with E-state index in [9.17, 15) is 4.79 Å². The van der Waals surface area contributed by atoms with Gasteiger partial charge in [-0.05, 0) is 35.1 Å². The van der Waals surface area contributed by atoms with Crippen molar-refractivity contribution in [2.45, 2.75) is 30.3 Å². The summed E-state index contributed by atoms with van der Waals surface area (Å²) in [6.45, 7) is 0.674. The molecule has 2 saturated heterocycles. The fourth-order valence-electron chi connectivity index (χ4n) is 5.39. The summed E-state index contributed by atoms with van der Waals surface area (Å²) in [4.78, 5) is 14.9. The van der Waals surface area contributed by atoms with Crippen LogP contribution in [0.25, 0.3) is 0 Å². The van der Waals surface area contributed by atoms with Gasteiger partial charge in [-0.2, -0.15) is 5.10 Å². The van der Waals surface area contributed by atoms with Crippen molar-refractivity contribution in [3.05, 3.63) is 144 Å². The predicted molar refractivity (Wildman–Crippen MR) is 143 cm³/mol. The number of hydrogen-bond acceptors (Lipinski definition) is 5. The maximum atomic E-state index is 14.9. The number of nitrogens with zero attached hydrogens (tertiary/aromatic N) is 1. The Balaban J connectivity index is 1.66. The fraction of sp³-hybridized carbons (Fsp3) is 0.188. The van der Waals surface area contributed by atoms with Gasteiger partial charge in [0.2, 0.25) is 5.78 Å². The van der Waals surface area contributed by atoms with Gasteiger partial charge in [0, 0.05) is 6.61 Å². The lowest BCUT2D eigenvalue weighted by atomic mass is 9.78. The van der Waals surface area contributed by atoms with Gasteiger partial charge in [0.1, 0.15) is 11.9 Å². The molecule has 6 rings (SSSR count). The molecule has 0 amide bonds. The molecule has 1 unspecified atom stereocenters.